The monoisotopic (exact) mass is 382 g/mol. The molecule has 0 aliphatic rings. The van der Waals surface area contributed by atoms with E-state index in [2.05, 4.69) is 27.8 Å². The number of amides is 1. The minimum Gasteiger partial charge on any atom is -0.488 e. The highest BCUT2D eigenvalue weighted by Crippen LogP contribution is 2.27. The third-order valence-corrected chi connectivity index (χ3v) is 3.64. The van der Waals surface area contributed by atoms with Gasteiger partial charge in [-0.1, -0.05) is 36.9 Å². The van der Waals surface area contributed by atoms with E-state index in [0.29, 0.717) is 23.6 Å². The second kappa shape index (κ2) is 8.70. The molecule has 2 aromatic rings. The Kier molecular flexibility index (Phi) is 6.35. The van der Waals surface area contributed by atoms with Crippen molar-refractivity contribution >= 4 is 33.6 Å². The number of nitrogens with zero attached hydrogens (tertiary/aromatic N) is 1. The van der Waals surface area contributed by atoms with Crippen LogP contribution in [0, 0.1) is 11.3 Å². The molecule has 0 bridgehead atoms. The molecule has 0 radical (unpaired) electrons. The fraction of sp³-hybridized carbons (Fsp3) is 0.0526. The van der Waals surface area contributed by atoms with E-state index in [0.717, 1.165) is 4.47 Å². The van der Waals surface area contributed by atoms with Crippen molar-refractivity contribution in [2.45, 2.75) is 0 Å². The topological polar surface area (TPSA) is 62.1 Å². The van der Waals surface area contributed by atoms with Gasteiger partial charge in [0.15, 0.2) is 0 Å². The van der Waals surface area contributed by atoms with E-state index in [-0.39, 0.29) is 5.57 Å². The van der Waals surface area contributed by atoms with Crippen molar-refractivity contribution in [3.05, 3.63) is 76.8 Å². The van der Waals surface area contributed by atoms with Crippen LogP contribution in [0.1, 0.15) is 5.56 Å². The standard InChI is InChI=1S/C19H15BrN2O2/c1-2-10-24-18-9-8-14(12-17(18)20)11-15(13-21)19(23)22-16-6-4-3-5-7-16/h2-9,11-12H,1,10H2,(H,22,23)/b15-11+. The first-order chi connectivity index (χ1) is 11.6. The Morgan fingerprint density at radius 1 is 1.29 bits per heavy atom. The smallest absolute Gasteiger partial charge is 0.266 e. The van der Waals surface area contributed by atoms with E-state index in [4.69, 9.17) is 4.74 Å². The van der Waals surface area contributed by atoms with Crippen LogP contribution >= 0.6 is 15.9 Å². The first kappa shape index (κ1) is 17.5. The van der Waals surface area contributed by atoms with Crippen molar-refractivity contribution in [1.82, 2.24) is 0 Å². The Balaban J connectivity index is 2.18. The quantitative estimate of drug-likeness (QED) is 0.452. The number of halogens is 1. The van der Waals surface area contributed by atoms with E-state index in [1.807, 2.05) is 24.3 Å². The number of nitrogens with one attached hydrogen (secondary N) is 1. The fourth-order valence-corrected chi connectivity index (χ4v) is 2.42. The van der Waals surface area contributed by atoms with Crippen LogP contribution in [-0.4, -0.2) is 12.5 Å². The van der Waals surface area contributed by atoms with Gasteiger partial charge in [-0.15, -0.1) is 0 Å². The molecule has 5 heteroatoms. The van der Waals surface area contributed by atoms with Gasteiger partial charge < -0.3 is 10.1 Å². The molecule has 120 valence electrons. The number of anilines is 1. The zero-order valence-corrected chi connectivity index (χ0v) is 14.4. The second-order valence-electron chi connectivity index (χ2n) is 4.78. The molecule has 2 rings (SSSR count). The van der Waals surface area contributed by atoms with Crippen LogP contribution in [0.3, 0.4) is 0 Å². The van der Waals surface area contributed by atoms with Crippen molar-refractivity contribution in [2.24, 2.45) is 0 Å². The third-order valence-electron chi connectivity index (χ3n) is 3.02. The van der Waals surface area contributed by atoms with Crippen LogP contribution in [-0.2, 0) is 4.79 Å². The van der Waals surface area contributed by atoms with Crippen LogP contribution in [0.15, 0.2) is 71.2 Å². The van der Waals surface area contributed by atoms with Crippen molar-refractivity contribution < 1.29 is 9.53 Å². The molecule has 1 N–H and O–H groups in total. The summed E-state index contributed by atoms with van der Waals surface area (Å²) < 4.78 is 6.20. The summed E-state index contributed by atoms with van der Waals surface area (Å²) >= 11 is 3.41. The molecule has 0 heterocycles. The zero-order chi connectivity index (χ0) is 17.4. The summed E-state index contributed by atoms with van der Waals surface area (Å²) in [6.45, 7) is 4.00. The lowest BCUT2D eigenvalue weighted by atomic mass is 10.1. The summed E-state index contributed by atoms with van der Waals surface area (Å²) in [5, 5.41) is 11.9. The number of benzene rings is 2. The summed E-state index contributed by atoms with van der Waals surface area (Å²) in [4.78, 5) is 12.2. The number of carbonyl (C=O) groups is 1. The predicted octanol–water partition coefficient (Wildman–Crippen LogP) is 4.56. The summed E-state index contributed by atoms with van der Waals surface area (Å²) in [7, 11) is 0. The Bertz CT molecular complexity index is 808. The highest BCUT2D eigenvalue weighted by atomic mass is 79.9. The van der Waals surface area contributed by atoms with Crippen LogP contribution in [0.5, 0.6) is 5.75 Å². The van der Waals surface area contributed by atoms with E-state index < -0.39 is 5.91 Å². The van der Waals surface area contributed by atoms with Crippen LogP contribution in [0.4, 0.5) is 5.69 Å². The molecule has 2 aromatic carbocycles. The summed E-state index contributed by atoms with van der Waals surface area (Å²) in [5.74, 6) is 0.214. The molecule has 0 saturated carbocycles. The van der Waals surface area contributed by atoms with Gasteiger partial charge in [0.05, 0.1) is 4.47 Å². The molecule has 0 fully saturated rings. The maximum atomic E-state index is 12.2. The lowest BCUT2D eigenvalue weighted by molar-refractivity contribution is -0.112. The Hall–Kier alpha value is -2.84. The van der Waals surface area contributed by atoms with E-state index in [9.17, 15) is 10.1 Å². The molecular weight excluding hydrogens is 368 g/mol. The first-order valence-corrected chi connectivity index (χ1v) is 7.95. The summed E-state index contributed by atoms with van der Waals surface area (Å²) in [5.41, 5.74) is 1.37. The highest BCUT2D eigenvalue weighted by molar-refractivity contribution is 9.10. The Labute approximate surface area is 149 Å². The van der Waals surface area contributed by atoms with Gasteiger partial charge in [-0.2, -0.15) is 5.26 Å². The van der Waals surface area contributed by atoms with Gasteiger partial charge in [0, 0.05) is 5.69 Å². The van der Waals surface area contributed by atoms with E-state index in [1.54, 1.807) is 36.4 Å². The van der Waals surface area contributed by atoms with Gasteiger partial charge >= 0.3 is 0 Å². The lowest BCUT2D eigenvalue weighted by Crippen LogP contribution is -2.13. The van der Waals surface area contributed by atoms with Gasteiger partial charge in [-0.3, -0.25) is 4.79 Å². The lowest BCUT2D eigenvalue weighted by Gasteiger charge is -2.07. The molecule has 0 atom stereocenters. The molecule has 0 saturated heterocycles. The van der Waals surface area contributed by atoms with Gasteiger partial charge in [-0.25, -0.2) is 0 Å². The predicted molar refractivity (Wildman–Crippen MR) is 98.5 cm³/mol. The SMILES string of the molecule is C=CCOc1ccc(/C=C(\C#N)C(=O)Nc2ccccc2)cc1Br. The van der Waals surface area contributed by atoms with Gasteiger partial charge in [0.25, 0.3) is 5.91 Å². The second-order valence-corrected chi connectivity index (χ2v) is 5.63. The van der Waals surface area contributed by atoms with Gasteiger partial charge in [0.1, 0.15) is 24.0 Å². The molecule has 0 aromatic heterocycles. The Morgan fingerprint density at radius 3 is 2.67 bits per heavy atom. The van der Waals surface area contributed by atoms with Crippen molar-refractivity contribution in [2.75, 3.05) is 11.9 Å². The fourth-order valence-electron chi connectivity index (χ4n) is 1.91. The average molecular weight is 383 g/mol. The zero-order valence-electron chi connectivity index (χ0n) is 12.8. The molecular formula is C19H15BrN2O2. The Morgan fingerprint density at radius 2 is 2.04 bits per heavy atom. The number of hydrogen-bond donors (Lipinski definition) is 1. The molecule has 1 amide bonds. The van der Waals surface area contributed by atoms with Crippen molar-refractivity contribution in [3.63, 3.8) is 0 Å². The third kappa shape index (κ3) is 4.83. The molecule has 24 heavy (non-hydrogen) atoms. The number of hydrogen-bond acceptors (Lipinski definition) is 3. The molecule has 0 aliphatic carbocycles. The minimum absolute atomic E-state index is 0.0190. The number of rotatable bonds is 6. The first-order valence-electron chi connectivity index (χ1n) is 7.15. The maximum Gasteiger partial charge on any atom is 0.266 e. The van der Waals surface area contributed by atoms with E-state index >= 15 is 0 Å². The molecule has 4 nitrogen and oxygen atoms in total. The minimum atomic E-state index is -0.452. The number of carbonyl (C=O) groups excluding carboxylic acids is 1. The van der Waals surface area contributed by atoms with Crippen LogP contribution < -0.4 is 10.1 Å². The van der Waals surface area contributed by atoms with Crippen molar-refractivity contribution in [3.8, 4) is 11.8 Å². The normalized spacial score (nSPS) is 10.6. The largest absolute Gasteiger partial charge is 0.488 e. The molecule has 0 unspecified atom stereocenters. The average Bonchev–Trinajstić information content (AvgIpc) is 2.59. The number of ether oxygens (including phenoxy) is 1. The highest BCUT2D eigenvalue weighted by Gasteiger charge is 2.10. The number of para-hydroxylation sites is 1. The number of nitriles is 1. The molecule has 0 spiro atoms. The van der Waals surface area contributed by atoms with Crippen LogP contribution in [0.25, 0.3) is 6.08 Å². The van der Waals surface area contributed by atoms with Crippen molar-refractivity contribution in [1.29, 1.82) is 5.26 Å². The van der Waals surface area contributed by atoms with Gasteiger partial charge in [-0.05, 0) is 51.8 Å². The summed E-state index contributed by atoms with van der Waals surface area (Å²) in [6, 6.07) is 16.2. The maximum absolute atomic E-state index is 12.2. The van der Waals surface area contributed by atoms with Gasteiger partial charge in [0.2, 0.25) is 0 Å². The molecule has 0 aliphatic heterocycles. The van der Waals surface area contributed by atoms with Crippen LogP contribution in [0.2, 0.25) is 0 Å². The van der Waals surface area contributed by atoms with E-state index in [1.165, 1.54) is 6.08 Å². The summed E-state index contributed by atoms with van der Waals surface area (Å²) in [6.07, 6.45) is 3.18.